The number of ether oxygens (including phenoxy) is 1. The number of rotatable bonds is 6. The average Bonchev–Trinajstić information content (AvgIpc) is 2.28. The second kappa shape index (κ2) is 6.70. The van der Waals surface area contributed by atoms with Crippen LogP contribution < -0.4 is 4.74 Å². The molecule has 0 aliphatic heterocycles. The van der Waals surface area contributed by atoms with Gasteiger partial charge in [0.1, 0.15) is 5.75 Å². The lowest BCUT2D eigenvalue weighted by atomic mass is 10.00. The highest BCUT2D eigenvalue weighted by Gasteiger charge is 2.18. The van der Waals surface area contributed by atoms with Gasteiger partial charge in [-0.1, -0.05) is 32.4 Å². The molecule has 106 valence electrons. The van der Waals surface area contributed by atoms with E-state index in [0.29, 0.717) is 18.4 Å². The van der Waals surface area contributed by atoms with Crippen LogP contribution in [0.5, 0.6) is 5.75 Å². The lowest BCUT2D eigenvalue weighted by Gasteiger charge is -2.15. The van der Waals surface area contributed by atoms with Crippen LogP contribution in [0.25, 0.3) is 0 Å². The van der Waals surface area contributed by atoms with Gasteiger partial charge in [-0.2, -0.15) is 4.39 Å². The van der Waals surface area contributed by atoms with Crippen molar-refractivity contribution in [2.75, 3.05) is 6.61 Å². The number of hydrogen-bond acceptors (Lipinski definition) is 3. The summed E-state index contributed by atoms with van der Waals surface area (Å²) in [6, 6.07) is 1.93. The van der Waals surface area contributed by atoms with Crippen LogP contribution in [0.4, 0.5) is 10.1 Å². The fourth-order valence-corrected chi connectivity index (χ4v) is 2.09. The molecule has 0 bridgehead atoms. The van der Waals surface area contributed by atoms with Crippen molar-refractivity contribution in [3.8, 4) is 5.75 Å². The highest BCUT2D eigenvalue weighted by Crippen LogP contribution is 2.31. The largest absolute Gasteiger partial charge is 0.492 e. The Morgan fingerprint density at radius 3 is 2.58 bits per heavy atom. The maximum atomic E-state index is 13.4. The molecule has 0 saturated heterocycles. The van der Waals surface area contributed by atoms with Crippen LogP contribution in [0.1, 0.15) is 27.2 Å². The molecule has 1 aromatic carbocycles. The molecule has 0 saturated carbocycles. The molecular weight excluding hydrogens is 273 g/mol. The van der Waals surface area contributed by atoms with Crippen molar-refractivity contribution in [3.63, 3.8) is 0 Å². The molecule has 0 amide bonds. The maximum Gasteiger partial charge on any atom is 0.306 e. The van der Waals surface area contributed by atoms with Crippen molar-refractivity contribution in [3.05, 3.63) is 33.1 Å². The molecule has 0 radical (unpaired) electrons. The van der Waals surface area contributed by atoms with Gasteiger partial charge in [-0.05, 0) is 18.3 Å². The van der Waals surface area contributed by atoms with Crippen molar-refractivity contribution >= 4 is 17.3 Å². The minimum absolute atomic E-state index is 0.0462. The Balaban J connectivity index is 2.75. The molecule has 4 nitrogen and oxygen atoms in total. The van der Waals surface area contributed by atoms with Gasteiger partial charge in [-0.25, -0.2) is 0 Å². The normalized spacial score (nSPS) is 12.5. The lowest BCUT2D eigenvalue weighted by molar-refractivity contribution is -0.387. The van der Waals surface area contributed by atoms with E-state index in [4.69, 9.17) is 16.3 Å². The Morgan fingerprint density at radius 1 is 1.42 bits per heavy atom. The Kier molecular flexibility index (Phi) is 5.54. The standard InChI is InChI=1S/C13H17ClFNO3/c1-8(2)4-9(3)7-19-13-6-11(15)12(16(17)18)5-10(13)14/h5-6,8-9H,4,7H2,1-3H3. The van der Waals surface area contributed by atoms with Crippen LogP contribution in [-0.2, 0) is 0 Å². The summed E-state index contributed by atoms with van der Waals surface area (Å²) >= 11 is 5.84. The van der Waals surface area contributed by atoms with E-state index in [-0.39, 0.29) is 10.8 Å². The molecule has 0 spiro atoms. The van der Waals surface area contributed by atoms with Crippen LogP contribution in [0.3, 0.4) is 0 Å². The van der Waals surface area contributed by atoms with Crippen LogP contribution in [0.2, 0.25) is 5.02 Å². The number of halogens is 2. The summed E-state index contributed by atoms with van der Waals surface area (Å²) in [5, 5.41) is 10.6. The first-order chi connectivity index (χ1) is 8.81. The minimum Gasteiger partial charge on any atom is -0.492 e. The van der Waals surface area contributed by atoms with Gasteiger partial charge in [0.2, 0.25) is 5.82 Å². The highest BCUT2D eigenvalue weighted by molar-refractivity contribution is 6.32. The first kappa shape index (κ1) is 15.7. The Morgan fingerprint density at radius 2 is 2.05 bits per heavy atom. The Labute approximate surface area is 116 Å². The smallest absolute Gasteiger partial charge is 0.306 e. The number of benzene rings is 1. The average molecular weight is 290 g/mol. The van der Waals surface area contributed by atoms with Crippen LogP contribution in [0, 0.1) is 27.8 Å². The lowest BCUT2D eigenvalue weighted by Crippen LogP contribution is -2.11. The molecule has 0 aromatic heterocycles. The van der Waals surface area contributed by atoms with E-state index in [0.717, 1.165) is 18.6 Å². The first-order valence-electron chi connectivity index (χ1n) is 6.07. The van der Waals surface area contributed by atoms with Crippen molar-refractivity contribution < 1.29 is 14.1 Å². The second-order valence-corrected chi connectivity index (χ2v) is 5.44. The summed E-state index contributed by atoms with van der Waals surface area (Å²) in [7, 11) is 0. The molecule has 0 fully saturated rings. The van der Waals surface area contributed by atoms with Crippen molar-refractivity contribution in [1.29, 1.82) is 0 Å². The van der Waals surface area contributed by atoms with E-state index in [2.05, 4.69) is 13.8 Å². The summed E-state index contributed by atoms with van der Waals surface area (Å²) in [4.78, 5) is 9.73. The summed E-state index contributed by atoms with van der Waals surface area (Å²) < 4.78 is 18.9. The summed E-state index contributed by atoms with van der Waals surface area (Å²) in [6.07, 6.45) is 0.979. The molecule has 19 heavy (non-hydrogen) atoms. The quantitative estimate of drug-likeness (QED) is 0.574. The molecule has 0 aliphatic rings. The van der Waals surface area contributed by atoms with Gasteiger partial charge in [-0.15, -0.1) is 0 Å². The first-order valence-corrected chi connectivity index (χ1v) is 6.45. The maximum absolute atomic E-state index is 13.4. The zero-order chi connectivity index (χ0) is 14.6. The summed E-state index contributed by atoms with van der Waals surface area (Å²) in [6.45, 7) is 6.63. The van der Waals surface area contributed by atoms with Gasteiger partial charge < -0.3 is 4.74 Å². The van der Waals surface area contributed by atoms with E-state index < -0.39 is 16.4 Å². The Hall–Kier alpha value is -1.36. The summed E-state index contributed by atoms with van der Waals surface area (Å²) in [5.41, 5.74) is -0.646. The van der Waals surface area contributed by atoms with Crippen molar-refractivity contribution in [2.45, 2.75) is 27.2 Å². The van der Waals surface area contributed by atoms with E-state index in [1.807, 2.05) is 6.92 Å². The molecule has 0 N–H and O–H groups in total. The minimum atomic E-state index is -0.944. The SMILES string of the molecule is CC(C)CC(C)COc1cc(F)c([N+](=O)[O-])cc1Cl. The fraction of sp³-hybridized carbons (Fsp3) is 0.538. The predicted molar refractivity (Wildman–Crippen MR) is 72.2 cm³/mol. The molecule has 1 rings (SSSR count). The van der Waals surface area contributed by atoms with Gasteiger partial charge in [0, 0.05) is 12.1 Å². The van der Waals surface area contributed by atoms with Crippen LogP contribution >= 0.6 is 11.6 Å². The van der Waals surface area contributed by atoms with Gasteiger partial charge in [0.15, 0.2) is 0 Å². The highest BCUT2D eigenvalue weighted by atomic mass is 35.5. The molecule has 6 heteroatoms. The zero-order valence-corrected chi connectivity index (χ0v) is 11.9. The number of nitro groups is 1. The molecule has 0 heterocycles. The van der Waals surface area contributed by atoms with Crippen molar-refractivity contribution in [1.82, 2.24) is 0 Å². The second-order valence-electron chi connectivity index (χ2n) is 5.04. The number of nitro benzene ring substituents is 1. The molecule has 0 aliphatic carbocycles. The van der Waals surface area contributed by atoms with Gasteiger partial charge in [0.25, 0.3) is 0 Å². The van der Waals surface area contributed by atoms with E-state index >= 15 is 0 Å². The number of nitrogens with zero attached hydrogens (tertiary/aromatic N) is 1. The van der Waals surface area contributed by atoms with E-state index in [1.165, 1.54) is 0 Å². The Bertz CT molecular complexity index is 465. The van der Waals surface area contributed by atoms with E-state index in [1.54, 1.807) is 0 Å². The van der Waals surface area contributed by atoms with Gasteiger partial charge >= 0.3 is 5.69 Å². The third-order valence-corrected chi connectivity index (χ3v) is 2.89. The van der Waals surface area contributed by atoms with Gasteiger partial charge in [0.05, 0.1) is 16.6 Å². The third kappa shape index (κ3) is 4.67. The fourth-order valence-electron chi connectivity index (χ4n) is 1.87. The predicted octanol–water partition coefficient (Wildman–Crippen LogP) is 4.45. The van der Waals surface area contributed by atoms with Crippen molar-refractivity contribution in [2.24, 2.45) is 11.8 Å². The molecular formula is C13H17ClFNO3. The topological polar surface area (TPSA) is 52.4 Å². The molecule has 1 aromatic rings. The van der Waals surface area contributed by atoms with E-state index in [9.17, 15) is 14.5 Å². The molecule has 1 atom stereocenters. The summed E-state index contributed by atoms with van der Waals surface area (Å²) in [5.74, 6) is 0.0401. The van der Waals surface area contributed by atoms with Gasteiger partial charge in [-0.3, -0.25) is 10.1 Å². The third-order valence-electron chi connectivity index (χ3n) is 2.60. The van der Waals surface area contributed by atoms with Crippen LogP contribution in [0.15, 0.2) is 12.1 Å². The zero-order valence-electron chi connectivity index (χ0n) is 11.2. The number of hydrogen-bond donors (Lipinski definition) is 0. The molecule has 1 unspecified atom stereocenters. The van der Waals surface area contributed by atoms with Crippen LogP contribution in [-0.4, -0.2) is 11.5 Å². The monoisotopic (exact) mass is 289 g/mol.